The minimum atomic E-state index is 0.102. The average Bonchev–Trinajstić information content (AvgIpc) is 2.90. The zero-order chi connectivity index (χ0) is 13.2. The molecule has 1 unspecified atom stereocenters. The normalized spacial score (nSPS) is 18.1. The van der Waals surface area contributed by atoms with Crippen molar-refractivity contribution in [2.75, 3.05) is 13.7 Å². The quantitative estimate of drug-likeness (QED) is 0.913. The second-order valence-corrected chi connectivity index (χ2v) is 4.74. The predicted octanol–water partition coefficient (Wildman–Crippen LogP) is 1.82. The smallest absolute Gasteiger partial charge is 0.185 e. The number of aryl methyl sites for hydroxylation is 1. The van der Waals surface area contributed by atoms with Gasteiger partial charge in [-0.3, -0.25) is 0 Å². The van der Waals surface area contributed by atoms with Crippen LogP contribution in [0.4, 0.5) is 0 Å². The number of aliphatic hydroxyl groups excluding tert-OH is 1. The monoisotopic (exact) mass is 259 g/mol. The number of ether oxygens (including phenoxy) is 1. The second-order valence-electron chi connectivity index (χ2n) is 4.74. The fraction of sp³-hybridized carbons (Fsp3) is 0.429. The molecular weight excluding hydrogens is 242 g/mol. The van der Waals surface area contributed by atoms with Gasteiger partial charge >= 0.3 is 0 Å². The van der Waals surface area contributed by atoms with E-state index in [-0.39, 0.29) is 12.5 Å². The van der Waals surface area contributed by atoms with E-state index in [2.05, 4.69) is 10.1 Å². The lowest BCUT2D eigenvalue weighted by molar-refractivity contribution is 0.234. The highest BCUT2D eigenvalue weighted by Crippen LogP contribution is 2.31. The molecule has 0 fully saturated rings. The molecule has 3 rings (SSSR count). The van der Waals surface area contributed by atoms with Crippen LogP contribution in [0, 0.1) is 0 Å². The molecule has 0 spiro atoms. The molecule has 1 N–H and O–H groups in total. The van der Waals surface area contributed by atoms with Crippen LogP contribution in [0.15, 0.2) is 24.3 Å². The average molecular weight is 259 g/mol. The lowest BCUT2D eigenvalue weighted by Gasteiger charge is -2.19. The van der Waals surface area contributed by atoms with Crippen molar-refractivity contribution in [2.45, 2.75) is 25.3 Å². The first kappa shape index (κ1) is 12.2. The summed E-state index contributed by atoms with van der Waals surface area (Å²) >= 11 is 0. The van der Waals surface area contributed by atoms with Gasteiger partial charge in [0.25, 0.3) is 0 Å². The highest BCUT2D eigenvalue weighted by atomic mass is 16.5. The van der Waals surface area contributed by atoms with Crippen LogP contribution in [0.5, 0.6) is 5.75 Å². The SMILES string of the molecule is COc1ccccc1-c1nc2n(n1)CCCC2CO. The largest absolute Gasteiger partial charge is 0.496 e. The Morgan fingerprint density at radius 3 is 3.05 bits per heavy atom. The number of methoxy groups -OCH3 is 1. The molecule has 0 radical (unpaired) electrons. The fourth-order valence-electron chi connectivity index (χ4n) is 2.55. The summed E-state index contributed by atoms with van der Waals surface area (Å²) < 4.78 is 7.26. The molecular formula is C14H17N3O2. The van der Waals surface area contributed by atoms with Gasteiger partial charge in [-0.15, -0.1) is 0 Å². The Balaban J connectivity index is 2.05. The Morgan fingerprint density at radius 1 is 1.42 bits per heavy atom. The first-order valence-corrected chi connectivity index (χ1v) is 6.52. The molecule has 1 aliphatic rings. The Morgan fingerprint density at radius 2 is 2.26 bits per heavy atom. The Kier molecular flexibility index (Phi) is 3.21. The molecule has 1 aliphatic heterocycles. The van der Waals surface area contributed by atoms with Crippen LogP contribution >= 0.6 is 0 Å². The van der Waals surface area contributed by atoms with Gasteiger partial charge in [-0.25, -0.2) is 9.67 Å². The summed E-state index contributed by atoms with van der Waals surface area (Å²) in [5.41, 5.74) is 0.892. The molecule has 19 heavy (non-hydrogen) atoms. The molecule has 5 heteroatoms. The van der Waals surface area contributed by atoms with Crippen molar-refractivity contribution in [3.63, 3.8) is 0 Å². The van der Waals surface area contributed by atoms with Crippen LogP contribution in [0.3, 0.4) is 0 Å². The summed E-state index contributed by atoms with van der Waals surface area (Å²) in [6, 6.07) is 7.73. The Labute approximate surface area is 111 Å². The molecule has 2 heterocycles. The number of aliphatic hydroxyl groups is 1. The number of rotatable bonds is 3. The number of aromatic nitrogens is 3. The standard InChI is InChI=1S/C14H17N3O2/c1-19-12-7-3-2-6-11(12)13-15-14-10(9-18)5-4-8-17(14)16-13/h2-3,6-7,10,18H,4-5,8-9H2,1H3. The van der Waals surface area contributed by atoms with Crippen molar-refractivity contribution >= 4 is 0 Å². The van der Waals surface area contributed by atoms with E-state index in [1.165, 1.54) is 0 Å². The first-order valence-electron chi connectivity index (χ1n) is 6.52. The van der Waals surface area contributed by atoms with E-state index < -0.39 is 0 Å². The van der Waals surface area contributed by atoms with Crippen molar-refractivity contribution in [1.29, 1.82) is 0 Å². The third-order valence-corrected chi connectivity index (χ3v) is 3.56. The molecule has 5 nitrogen and oxygen atoms in total. The molecule has 0 saturated heterocycles. The van der Waals surface area contributed by atoms with Crippen LogP contribution in [0.1, 0.15) is 24.6 Å². The van der Waals surface area contributed by atoms with Crippen LogP contribution < -0.4 is 4.74 Å². The predicted molar refractivity (Wildman–Crippen MR) is 71.1 cm³/mol. The number of hydrogen-bond donors (Lipinski definition) is 1. The minimum absolute atomic E-state index is 0.102. The van der Waals surface area contributed by atoms with Gasteiger partial charge in [0.1, 0.15) is 11.6 Å². The van der Waals surface area contributed by atoms with E-state index in [1.807, 2.05) is 28.9 Å². The molecule has 0 aliphatic carbocycles. The Hall–Kier alpha value is -1.88. The lowest BCUT2D eigenvalue weighted by Crippen LogP contribution is -2.19. The maximum absolute atomic E-state index is 9.41. The lowest BCUT2D eigenvalue weighted by atomic mass is 10.0. The summed E-state index contributed by atoms with van der Waals surface area (Å²) in [4.78, 5) is 4.59. The van der Waals surface area contributed by atoms with Crippen LogP contribution in [-0.2, 0) is 6.54 Å². The summed E-state index contributed by atoms with van der Waals surface area (Å²) in [5, 5.41) is 14.0. The molecule has 100 valence electrons. The van der Waals surface area contributed by atoms with Gasteiger partial charge in [0.15, 0.2) is 5.82 Å². The summed E-state index contributed by atoms with van der Waals surface area (Å²) in [7, 11) is 1.64. The molecule has 2 aromatic rings. The van der Waals surface area contributed by atoms with E-state index in [9.17, 15) is 5.11 Å². The van der Waals surface area contributed by atoms with E-state index in [0.29, 0.717) is 5.82 Å². The zero-order valence-electron chi connectivity index (χ0n) is 10.9. The van der Waals surface area contributed by atoms with Gasteiger partial charge in [0.05, 0.1) is 19.3 Å². The molecule has 1 aromatic heterocycles. The molecule has 1 aromatic carbocycles. The third-order valence-electron chi connectivity index (χ3n) is 3.56. The molecule has 1 atom stereocenters. The number of benzene rings is 1. The molecule has 0 bridgehead atoms. The van der Waals surface area contributed by atoms with Gasteiger partial charge in [-0.1, -0.05) is 12.1 Å². The van der Waals surface area contributed by atoms with Crippen LogP contribution in [0.2, 0.25) is 0 Å². The number of fused-ring (bicyclic) bond motifs is 1. The number of para-hydroxylation sites is 1. The van der Waals surface area contributed by atoms with Gasteiger partial charge < -0.3 is 9.84 Å². The Bertz CT molecular complexity index is 580. The molecule has 0 saturated carbocycles. The number of nitrogens with zero attached hydrogens (tertiary/aromatic N) is 3. The topological polar surface area (TPSA) is 60.2 Å². The van der Waals surface area contributed by atoms with Crippen molar-refractivity contribution in [3.05, 3.63) is 30.1 Å². The summed E-state index contributed by atoms with van der Waals surface area (Å²) in [5.74, 6) is 2.43. The highest BCUT2D eigenvalue weighted by molar-refractivity contribution is 5.63. The van der Waals surface area contributed by atoms with Crippen LogP contribution in [-0.4, -0.2) is 33.6 Å². The third kappa shape index (κ3) is 2.10. The fourth-order valence-corrected chi connectivity index (χ4v) is 2.55. The van der Waals surface area contributed by atoms with Crippen LogP contribution in [0.25, 0.3) is 11.4 Å². The van der Waals surface area contributed by atoms with E-state index in [1.54, 1.807) is 7.11 Å². The van der Waals surface area contributed by atoms with E-state index in [4.69, 9.17) is 4.74 Å². The second kappa shape index (κ2) is 5.01. The summed E-state index contributed by atoms with van der Waals surface area (Å²) in [6.07, 6.45) is 2.01. The van der Waals surface area contributed by atoms with Crippen molar-refractivity contribution in [3.8, 4) is 17.1 Å². The highest BCUT2D eigenvalue weighted by Gasteiger charge is 2.24. The molecule has 0 amide bonds. The number of hydrogen-bond acceptors (Lipinski definition) is 4. The van der Waals surface area contributed by atoms with Crippen molar-refractivity contribution in [2.24, 2.45) is 0 Å². The van der Waals surface area contributed by atoms with E-state index >= 15 is 0 Å². The van der Waals surface area contributed by atoms with Gasteiger partial charge in [-0.2, -0.15) is 5.10 Å². The first-order chi connectivity index (χ1) is 9.33. The zero-order valence-corrected chi connectivity index (χ0v) is 10.9. The van der Waals surface area contributed by atoms with Gasteiger partial charge in [0, 0.05) is 12.5 Å². The van der Waals surface area contributed by atoms with Gasteiger partial charge in [0.2, 0.25) is 0 Å². The maximum Gasteiger partial charge on any atom is 0.185 e. The van der Waals surface area contributed by atoms with Gasteiger partial charge in [-0.05, 0) is 25.0 Å². The maximum atomic E-state index is 9.41. The van der Waals surface area contributed by atoms with Crippen molar-refractivity contribution in [1.82, 2.24) is 14.8 Å². The van der Waals surface area contributed by atoms with Crippen molar-refractivity contribution < 1.29 is 9.84 Å². The van der Waals surface area contributed by atoms with E-state index in [0.717, 1.165) is 36.5 Å². The summed E-state index contributed by atoms with van der Waals surface area (Å²) in [6.45, 7) is 0.998. The minimum Gasteiger partial charge on any atom is -0.496 e.